The van der Waals surface area contributed by atoms with Crippen LogP contribution in [-0.2, 0) is 49.0 Å². The van der Waals surface area contributed by atoms with Gasteiger partial charge in [-0.25, -0.2) is 9.97 Å². The van der Waals surface area contributed by atoms with Crippen molar-refractivity contribution in [3.8, 4) is 44.5 Å². The number of aromatic nitrogens is 4. The molecule has 0 atom stereocenters. The second-order valence-corrected chi connectivity index (χ2v) is 28.0. The van der Waals surface area contributed by atoms with Crippen LogP contribution >= 0.6 is 0 Å². The first-order chi connectivity index (χ1) is 35.3. The number of hydrogen-bond acceptors (Lipinski definition) is 4. The number of hydrogen-bond donors (Lipinski definition) is 0. The Hall–Kier alpha value is -6.69. The molecule has 8 bridgehead atoms. The molecule has 6 nitrogen and oxygen atoms in total. The average molecular weight is 1060 g/mol. The van der Waals surface area contributed by atoms with Crippen molar-refractivity contribution in [3.05, 3.63) is 162 Å². The Morgan fingerprint density at radius 1 is 0.351 bits per heavy atom. The molecule has 5 heterocycles. The zero-order valence-corrected chi connectivity index (χ0v) is 49.3. The molecule has 0 amide bonds. The number of benzene rings is 6. The number of nitrogens with zero attached hydrogens (tertiary/aromatic N) is 4. The van der Waals surface area contributed by atoms with Crippen molar-refractivity contribution in [2.45, 2.75) is 157 Å². The van der Waals surface area contributed by atoms with Gasteiger partial charge in [0.05, 0.1) is 27.8 Å². The molecule has 0 fully saturated rings. The Balaban J connectivity index is 0.00000672. The molecule has 7 heteroatoms. The van der Waals surface area contributed by atoms with E-state index < -0.39 is 0 Å². The third-order valence-electron chi connectivity index (χ3n) is 16.0. The van der Waals surface area contributed by atoms with Crippen LogP contribution in [0.3, 0.4) is 0 Å². The molecule has 4 aromatic carbocycles. The summed E-state index contributed by atoms with van der Waals surface area (Å²) in [6.45, 7) is 40.6. The van der Waals surface area contributed by atoms with Gasteiger partial charge in [-0.1, -0.05) is 216 Å². The predicted molar refractivity (Wildman–Crippen MR) is 323 cm³/mol. The van der Waals surface area contributed by atoms with Crippen LogP contribution in [0.25, 0.3) is 111 Å². The van der Waals surface area contributed by atoms with Crippen molar-refractivity contribution in [1.29, 1.82) is 0 Å². The molecule has 3 aliphatic rings. The zero-order valence-electron chi connectivity index (χ0n) is 48.3. The van der Waals surface area contributed by atoms with Crippen LogP contribution in [0.4, 0.5) is 0 Å². The summed E-state index contributed by atoms with van der Waals surface area (Å²) in [5, 5.41) is 1.92. The van der Waals surface area contributed by atoms with Gasteiger partial charge < -0.3 is 9.97 Å². The van der Waals surface area contributed by atoms with Gasteiger partial charge >= 0.3 is 16.5 Å². The topological polar surface area (TPSA) is 88.1 Å². The van der Waals surface area contributed by atoms with E-state index in [9.17, 15) is 0 Å². The van der Waals surface area contributed by atoms with Crippen LogP contribution in [0.5, 0.6) is 0 Å². The van der Waals surface area contributed by atoms with E-state index in [0.717, 1.165) is 55.8 Å². The summed E-state index contributed by atoms with van der Waals surface area (Å²) in [5.74, 6) is 0. The minimum atomic E-state index is -0.183. The Kier molecular flexibility index (Phi) is 12.3. The molecule has 0 spiro atoms. The summed E-state index contributed by atoms with van der Waals surface area (Å²) in [5.41, 5.74) is 18.0. The van der Waals surface area contributed by atoms with Gasteiger partial charge in [-0.2, -0.15) is 0 Å². The minimum Gasteiger partial charge on any atom is -0.657 e. The quantitative estimate of drug-likeness (QED) is 0.164. The fourth-order valence-corrected chi connectivity index (χ4v) is 11.1. The van der Waals surface area contributed by atoms with Gasteiger partial charge in [0.1, 0.15) is 0 Å². The van der Waals surface area contributed by atoms with Crippen molar-refractivity contribution < 1.29 is 16.5 Å². The molecule has 0 N–H and O–H groups in total. The van der Waals surface area contributed by atoms with Gasteiger partial charge in [0.25, 0.3) is 0 Å². The molecule has 11 rings (SSSR count). The van der Waals surface area contributed by atoms with Gasteiger partial charge in [-0.05, 0) is 123 Å². The first kappa shape index (κ1) is 53.7. The van der Waals surface area contributed by atoms with Crippen LogP contribution in [0.2, 0.25) is 0 Å². The molecule has 0 saturated carbocycles. The molecule has 0 radical (unpaired) electrons. The van der Waals surface area contributed by atoms with Crippen molar-refractivity contribution >= 4 is 66.8 Å². The third-order valence-corrected chi connectivity index (χ3v) is 16.0. The summed E-state index contributed by atoms with van der Waals surface area (Å²) in [4.78, 5) is 52.9. The monoisotopic (exact) mass is 1060 g/mol. The van der Waals surface area contributed by atoms with Gasteiger partial charge in [0.2, 0.25) is 0 Å². The van der Waals surface area contributed by atoms with Crippen LogP contribution < -0.4 is 20.8 Å². The second kappa shape index (κ2) is 17.7. The van der Waals surface area contributed by atoms with E-state index in [4.69, 9.17) is 19.9 Å². The van der Waals surface area contributed by atoms with Gasteiger partial charge in [0.15, 0.2) is 10.9 Å². The molecule has 1 aliphatic heterocycles. The Morgan fingerprint density at radius 3 is 1.14 bits per heavy atom. The Morgan fingerprint density at radius 2 is 0.727 bits per heavy atom. The summed E-state index contributed by atoms with van der Waals surface area (Å²) in [6.07, 6.45) is 4.25. The summed E-state index contributed by atoms with van der Waals surface area (Å²) < 4.78 is 0. The van der Waals surface area contributed by atoms with Crippen molar-refractivity contribution in [2.24, 2.45) is 0 Å². The fourth-order valence-electron chi connectivity index (χ4n) is 11.1. The summed E-state index contributed by atoms with van der Waals surface area (Å²) in [7, 11) is 0. The molecule has 0 saturated heterocycles. The van der Waals surface area contributed by atoms with Crippen LogP contribution in [0.1, 0.15) is 169 Å². The number of rotatable bonds is 3. The van der Waals surface area contributed by atoms with Crippen molar-refractivity contribution in [3.63, 3.8) is 0 Å². The van der Waals surface area contributed by atoms with E-state index in [1.807, 2.05) is 30.3 Å². The maximum Gasteiger partial charge on any atom is 2.00 e. The smallest absolute Gasteiger partial charge is 0.657 e. The van der Waals surface area contributed by atoms with E-state index in [1.54, 1.807) is 0 Å². The average Bonchev–Trinajstić information content (AvgIpc) is 4.21. The fraction of sp³-hybridized carbons (Fsp3) is 0.343. The largest absolute Gasteiger partial charge is 2.00 e. The van der Waals surface area contributed by atoms with Gasteiger partial charge in [-0.3, -0.25) is 9.59 Å². The van der Waals surface area contributed by atoms with Crippen LogP contribution in [0.15, 0.2) is 107 Å². The standard InChI is InChI=1S/C70H74N4O2.Ni/c1-65(2,3)40-26-37(27-41(32-40)66(4,5)6)56-50-22-24-52(71-50)57(38-28-42(67(7,8)9)33-43(29-38)68(10,11)12)54-35-48-61(73-54)60-59-46(63(48)75)20-19-21-47(59)64(76)49-36-55(74-62(49)60)58(53-25-23-51(56)72-53)39-30-44(69(13,14)15)34-45(31-39)70(16,17)18;/h19-36H,1-18H3,(H2,71,72,73,74,75,76);/q;+2/p-2. The molecule has 77 heavy (non-hydrogen) atoms. The van der Waals surface area contributed by atoms with Crippen LogP contribution in [0, 0.1) is 0 Å². The first-order valence-corrected chi connectivity index (χ1v) is 27.1. The predicted octanol–water partition coefficient (Wildman–Crippen LogP) is 17.2. The van der Waals surface area contributed by atoms with E-state index in [1.165, 1.54) is 33.4 Å². The van der Waals surface area contributed by atoms with E-state index in [0.29, 0.717) is 54.7 Å². The van der Waals surface area contributed by atoms with Crippen molar-refractivity contribution in [2.75, 3.05) is 0 Å². The van der Waals surface area contributed by atoms with Gasteiger partial charge in [0, 0.05) is 21.7 Å². The molecule has 394 valence electrons. The second-order valence-electron chi connectivity index (χ2n) is 28.0. The SMILES string of the molecule is CC(C)(C)c1cc(-c2c3nc(c(-c4cc(C(C)(C)C)cc(C(C)(C)C)c4)c4cc5c(=O)c6cccc7c6-c(c6nc(cc6c7=O)c(-c6cc(C(C)(C)C)cc(C(C)(C)C)c6)c6ccc2[n-]6)c5[n-]4)C=C3)cc(C(C)(C)C)c1.[Ni+2]. The maximum absolute atomic E-state index is 15.1. The molecule has 4 aromatic heterocycles. The maximum atomic E-state index is 15.1. The van der Waals surface area contributed by atoms with Gasteiger partial charge in [-0.15, -0.1) is 22.1 Å². The van der Waals surface area contributed by atoms with E-state index >= 15 is 9.59 Å². The van der Waals surface area contributed by atoms with E-state index in [2.05, 4.69) is 204 Å². The molecular weight excluding hydrogens is 987 g/mol. The molecule has 2 aliphatic carbocycles. The Bertz CT molecular complexity index is 4160. The van der Waals surface area contributed by atoms with Crippen molar-refractivity contribution in [1.82, 2.24) is 19.9 Å². The first-order valence-electron chi connectivity index (χ1n) is 27.1. The molecular formula is C70H72N4NiO2. The summed E-state index contributed by atoms with van der Waals surface area (Å²) >= 11 is 0. The zero-order chi connectivity index (χ0) is 54.7. The third kappa shape index (κ3) is 9.15. The summed E-state index contributed by atoms with van der Waals surface area (Å²) in [6, 6.07) is 34.5. The minimum absolute atomic E-state index is 0. The number of fused-ring (bicyclic) bond motifs is 6. The normalized spacial score (nSPS) is 13.5. The Labute approximate surface area is 464 Å². The molecule has 0 unspecified atom stereocenters. The van der Waals surface area contributed by atoms with E-state index in [-0.39, 0.29) is 59.8 Å². The molecule has 8 aromatic rings. The van der Waals surface area contributed by atoms with Crippen LogP contribution in [-0.4, -0.2) is 9.97 Å².